The predicted molar refractivity (Wildman–Crippen MR) is 88.7 cm³/mol. The van der Waals surface area contributed by atoms with E-state index < -0.39 is 0 Å². The van der Waals surface area contributed by atoms with E-state index in [1.807, 2.05) is 55.4 Å². The Kier molecular flexibility index (Phi) is 4.96. The van der Waals surface area contributed by atoms with Gasteiger partial charge in [-0.05, 0) is 18.2 Å². The lowest BCUT2D eigenvalue weighted by molar-refractivity contribution is -0.849. The van der Waals surface area contributed by atoms with Gasteiger partial charge in [0.25, 0.3) is 5.91 Å². The summed E-state index contributed by atoms with van der Waals surface area (Å²) >= 11 is 0. The van der Waals surface area contributed by atoms with Gasteiger partial charge in [-0.2, -0.15) is 0 Å². The highest BCUT2D eigenvalue weighted by Crippen LogP contribution is 2.36. The lowest BCUT2D eigenvalue weighted by atomic mass is 10.1. The molecule has 0 saturated carbocycles. The number of ether oxygens (including phenoxy) is 2. The summed E-state index contributed by atoms with van der Waals surface area (Å²) in [5, 5.41) is 0. The summed E-state index contributed by atoms with van der Waals surface area (Å²) in [6.07, 6.45) is 1.74. The summed E-state index contributed by atoms with van der Waals surface area (Å²) in [4.78, 5) is 19.9. The lowest BCUT2D eigenvalue weighted by Crippen LogP contribution is -3.07. The molecule has 0 saturated heterocycles. The Hall–Kier alpha value is -2.60. The third-order valence-corrected chi connectivity index (χ3v) is 3.78. The van der Waals surface area contributed by atoms with Crippen LogP contribution >= 0.6 is 0 Å². The molecule has 1 aromatic carbocycles. The lowest BCUT2D eigenvalue weighted by Gasteiger charge is -2.23. The first-order valence-electron chi connectivity index (χ1n) is 7.97. The third-order valence-electron chi connectivity index (χ3n) is 3.78. The van der Waals surface area contributed by atoms with Crippen molar-refractivity contribution in [1.82, 2.24) is 9.88 Å². The number of nitrogens with one attached hydrogen (secondary N) is 1. The molecule has 0 aliphatic carbocycles. The van der Waals surface area contributed by atoms with E-state index in [1.54, 1.807) is 6.20 Å². The minimum absolute atomic E-state index is 0.0807. The van der Waals surface area contributed by atoms with Crippen LogP contribution in [0.15, 0.2) is 42.6 Å². The number of hydrogen-bond acceptors (Lipinski definition) is 4. The van der Waals surface area contributed by atoms with Crippen molar-refractivity contribution in [2.75, 3.05) is 27.4 Å². The third kappa shape index (κ3) is 3.83. The minimum Gasteiger partial charge on any atom is -0.454 e. The molecule has 0 unspecified atom stereocenters. The fourth-order valence-corrected chi connectivity index (χ4v) is 2.65. The van der Waals surface area contributed by atoms with E-state index in [0.29, 0.717) is 19.6 Å². The number of rotatable bonds is 6. The van der Waals surface area contributed by atoms with Crippen molar-refractivity contribution >= 4 is 5.91 Å². The molecule has 1 aromatic heterocycles. The number of amides is 1. The number of benzene rings is 1. The maximum absolute atomic E-state index is 12.7. The second kappa shape index (κ2) is 7.31. The van der Waals surface area contributed by atoms with E-state index in [2.05, 4.69) is 4.98 Å². The van der Waals surface area contributed by atoms with Gasteiger partial charge < -0.3 is 19.3 Å². The Bertz CT molecular complexity index is 704. The van der Waals surface area contributed by atoms with Gasteiger partial charge in [-0.1, -0.05) is 18.2 Å². The standard InChI is InChI=1S/C18H21N3O3/c1-20(2)12-17(22)21(11-15-7-3-4-9-19-15)10-14-6-5-8-16-18(14)24-13-23-16/h3-9H,10-13H2,1-2H3/p+1. The van der Waals surface area contributed by atoms with Crippen LogP contribution in [-0.2, 0) is 17.9 Å². The first-order chi connectivity index (χ1) is 11.6. The molecule has 0 atom stereocenters. The van der Waals surface area contributed by atoms with Crippen molar-refractivity contribution in [3.8, 4) is 11.5 Å². The number of nitrogens with zero attached hydrogens (tertiary/aromatic N) is 2. The molecule has 0 radical (unpaired) electrons. The largest absolute Gasteiger partial charge is 0.454 e. The number of carbonyl (C=O) groups is 1. The molecule has 0 spiro atoms. The fourth-order valence-electron chi connectivity index (χ4n) is 2.65. The van der Waals surface area contributed by atoms with Gasteiger partial charge in [-0.3, -0.25) is 9.78 Å². The summed E-state index contributed by atoms with van der Waals surface area (Å²) in [5.74, 6) is 1.54. The number of pyridine rings is 1. The highest BCUT2D eigenvalue weighted by molar-refractivity contribution is 5.77. The normalized spacial score (nSPS) is 12.5. The Morgan fingerprint density at radius 2 is 2.04 bits per heavy atom. The molecule has 1 aliphatic rings. The smallest absolute Gasteiger partial charge is 0.278 e. The zero-order valence-corrected chi connectivity index (χ0v) is 14.0. The molecular weight excluding hydrogens is 306 g/mol. The van der Waals surface area contributed by atoms with Crippen molar-refractivity contribution < 1.29 is 19.2 Å². The van der Waals surface area contributed by atoms with Crippen LogP contribution in [0.1, 0.15) is 11.3 Å². The maximum atomic E-state index is 12.7. The van der Waals surface area contributed by atoms with Crippen molar-refractivity contribution in [1.29, 1.82) is 0 Å². The van der Waals surface area contributed by atoms with E-state index in [4.69, 9.17) is 9.47 Å². The maximum Gasteiger partial charge on any atom is 0.278 e. The average Bonchev–Trinajstić information content (AvgIpc) is 3.04. The highest BCUT2D eigenvalue weighted by atomic mass is 16.7. The summed E-state index contributed by atoms with van der Waals surface area (Å²) in [7, 11) is 3.93. The van der Waals surface area contributed by atoms with Gasteiger partial charge in [0.2, 0.25) is 6.79 Å². The van der Waals surface area contributed by atoms with Crippen molar-refractivity contribution in [2.45, 2.75) is 13.1 Å². The molecule has 6 heteroatoms. The number of carbonyl (C=O) groups excluding carboxylic acids is 1. The second-order valence-corrected chi connectivity index (χ2v) is 6.11. The average molecular weight is 328 g/mol. The summed E-state index contributed by atoms with van der Waals surface area (Å²) < 4.78 is 11.0. The van der Waals surface area contributed by atoms with Crippen molar-refractivity contribution in [2.24, 2.45) is 0 Å². The summed E-state index contributed by atoms with van der Waals surface area (Å²) in [6, 6.07) is 11.5. The molecule has 24 heavy (non-hydrogen) atoms. The van der Waals surface area contributed by atoms with Crippen LogP contribution in [0, 0.1) is 0 Å². The minimum atomic E-state index is 0.0807. The van der Waals surface area contributed by atoms with Crippen LogP contribution in [0.4, 0.5) is 0 Å². The topological polar surface area (TPSA) is 56.1 Å². The molecule has 2 heterocycles. The van der Waals surface area contributed by atoms with E-state index in [9.17, 15) is 4.79 Å². The SMILES string of the molecule is C[NH+](C)CC(=O)N(Cc1ccccn1)Cc1cccc2c1OCO2. The van der Waals surface area contributed by atoms with Gasteiger partial charge in [0, 0.05) is 11.8 Å². The van der Waals surface area contributed by atoms with Gasteiger partial charge in [0.15, 0.2) is 18.0 Å². The van der Waals surface area contributed by atoms with E-state index in [0.717, 1.165) is 27.7 Å². The van der Waals surface area contributed by atoms with Crippen LogP contribution in [0.3, 0.4) is 0 Å². The molecule has 2 aromatic rings. The predicted octanol–water partition coefficient (Wildman–Crippen LogP) is 0.484. The number of quaternary nitrogens is 1. The van der Waals surface area contributed by atoms with Gasteiger partial charge in [0.1, 0.15) is 0 Å². The van der Waals surface area contributed by atoms with Crippen LogP contribution in [0.2, 0.25) is 0 Å². The first kappa shape index (κ1) is 16.3. The van der Waals surface area contributed by atoms with Gasteiger partial charge in [-0.15, -0.1) is 0 Å². The van der Waals surface area contributed by atoms with Gasteiger partial charge in [-0.25, -0.2) is 0 Å². The Morgan fingerprint density at radius 1 is 1.17 bits per heavy atom. The number of aromatic nitrogens is 1. The molecule has 1 N–H and O–H groups in total. The number of para-hydroxylation sites is 1. The quantitative estimate of drug-likeness (QED) is 0.838. The van der Waals surface area contributed by atoms with Crippen molar-refractivity contribution in [3.63, 3.8) is 0 Å². The first-order valence-corrected chi connectivity index (χ1v) is 7.97. The summed E-state index contributed by atoms with van der Waals surface area (Å²) in [5.41, 5.74) is 1.81. The monoisotopic (exact) mass is 328 g/mol. The van der Waals surface area contributed by atoms with E-state index in [1.165, 1.54) is 0 Å². The number of hydrogen-bond donors (Lipinski definition) is 1. The number of likely N-dealkylation sites (N-methyl/N-ethyl adjacent to an activating group) is 1. The molecule has 1 aliphatic heterocycles. The summed E-state index contributed by atoms with van der Waals surface area (Å²) in [6.45, 7) is 1.59. The second-order valence-electron chi connectivity index (χ2n) is 6.11. The Labute approximate surface area is 141 Å². The Balaban J connectivity index is 1.82. The van der Waals surface area contributed by atoms with Crippen LogP contribution < -0.4 is 14.4 Å². The molecule has 1 amide bonds. The van der Waals surface area contributed by atoms with E-state index >= 15 is 0 Å². The zero-order chi connectivity index (χ0) is 16.9. The number of fused-ring (bicyclic) bond motifs is 1. The molecule has 0 fully saturated rings. The fraction of sp³-hybridized carbons (Fsp3) is 0.333. The van der Waals surface area contributed by atoms with Crippen molar-refractivity contribution in [3.05, 3.63) is 53.9 Å². The highest BCUT2D eigenvalue weighted by Gasteiger charge is 2.23. The van der Waals surface area contributed by atoms with Gasteiger partial charge in [0.05, 0.1) is 32.9 Å². The van der Waals surface area contributed by atoms with Crippen LogP contribution in [-0.4, -0.2) is 43.2 Å². The van der Waals surface area contributed by atoms with Crippen LogP contribution in [0.5, 0.6) is 11.5 Å². The molecule has 126 valence electrons. The molecule has 3 rings (SSSR count). The molecular formula is C18H22N3O3+. The van der Waals surface area contributed by atoms with Crippen LogP contribution in [0.25, 0.3) is 0 Å². The van der Waals surface area contributed by atoms with Gasteiger partial charge >= 0.3 is 0 Å². The van der Waals surface area contributed by atoms with E-state index in [-0.39, 0.29) is 12.7 Å². The molecule has 6 nitrogen and oxygen atoms in total. The molecule has 0 bridgehead atoms. The zero-order valence-electron chi connectivity index (χ0n) is 14.0. The Morgan fingerprint density at radius 3 is 2.79 bits per heavy atom.